The number of hydrogen-bond acceptors (Lipinski definition) is 6. The molecule has 2 aromatic heterocycles. The molecule has 8 heteroatoms. The first-order chi connectivity index (χ1) is 10.7. The smallest absolute Gasteiger partial charge is 0.358 e. The van der Waals surface area contributed by atoms with Crippen LogP contribution in [0.5, 0.6) is 0 Å². The van der Waals surface area contributed by atoms with E-state index in [2.05, 4.69) is 22.4 Å². The minimum atomic E-state index is -0.376. The first-order valence-electron chi connectivity index (χ1n) is 6.82. The van der Waals surface area contributed by atoms with Gasteiger partial charge in [0.1, 0.15) is 6.20 Å². The van der Waals surface area contributed by atoms with Crippen molar-refractivity contribution in [3.05, 3.63) is 51.5 Å². The van der Waals surface area contributed by atoms with Crippen molar-refractivity contribution in [3.8, 4) is 0 Å². The van der Waals surface area contributed by atoms with Crippen molar-refractivity contribution in [1.29, 1.82) is 0 Å². The Morgan fingerprint density at radius 2 is 2.27 bits per heavy atom. The number of anilines is 1. The maximum atomic E-state index is 11.4. The maximum Gasteiger partial charge on any atom is 0.372 e. The first kappa shape index (κ1) is 13.6. The molecule has 0 bridgehead atoms. The van der Waals surface area contributed by atoms with Crippen LogP contribution < -0.4 is 5.32 Å². The fourth-order valence-electron chi connectivity index (χ4n) is 2.70. The number of aromatic nitrogens is 2. The van der Waals surface area contributed by atoms with Gasteiger partial charge in [0.05, 0.1) is 6.04 Å². The summed E-state index contributed by atoms with van der Waals surface area (Å²) in [6.07, 6.45) is 2.60. The van der Waals surface area contributed by atoms with E-state index in [1.54, 1.807) is 11.6 Å². The van der Waals surface area contributed by atoms with E-state index in [1.807, 2.05) is 23.9 Å². The third-order valence-corrected chi connectivity index (χ3v) is 5.56. The molecule has 3 heterocycles. The Bertz CT molecular complexity index is 858. The van der Waals surface area contributed by atoms with Crippen LogP contribution in [-0.4, -0.2) is 20.1 Å². The Morgan fingerprint density at radius 3 is 3.14 bits per heavy atom. The van der Waals surface area contributed by atoms with E-state index >= 15 is 0 Å². The van der Waals surface area contributed by atoms with Gasteiger partial charge in [-0.3, -0.25) is 0 Å². The molecule has 0 amide bonds. The highest BCUT2D eigenvalue weighted by atomic mass is 32.2. The lowest BCUT2D eigenvalue weighted by Crippen LogP contribution is -2.17. The summed E-state index contributed by atoms with van der Waals surface area (Å²) in [7, 11) is 0. The molecule has 0 saturated carbocycles. The van der Waals surface area contributed by atoms with Gasteiger partial charge in [0.15, 0.2) is 0 Å². The van der Waals surface area contributed by atoms with E-state index in [0.29, 0.717) is 10.8 Å². The maximum absolute atomic E-state index is 11.4. The molecule has 1 unspecified atom stereocenters. The first-order valence-corrected chi connectivity index (χ1v) is 8.69. The van der Waals surface area contributed by atoms with E-state index in [0.717, 1.165) is 12.2 Å². The van der Waals surface area contributed by atoms with E-state index in [9.17, 15) is 10.1 Å². The minimum Gasteiger partial charge on any atom is -0.358 e. The molecule has 0 radical (unpaired) electrons. The number of imidazole rings is 1. The largest absolute Gasteiger partial charge is 0.372 e. The van der Waals surface area contributed by atoms with E-state index in [1.165, 1.54) is 26.2 Å². The lowest BCUT2D eigenvalue weighted by molar-refractivity contribution is -0.389. The quantitative estimate of drug-likeness (QED) is 0.581. The van der Waals surface area contributed by atoms with Crippen LogP contribution in [0.1, 0.15) is 18.0 Å². The zero-order valence-corrected chi connectivity index (χ0v) is 13.1. The van der Waals surface area contributed by atoms with Crippen molar-refractivity contribution in [2.45, 2.75) is 17.4 Å². The molecule has 0 aliphatic carbocycles. The Kier molecular flexibility index (Phi) is 3.27. The van der Waals surface area contributed by atoms with Crippen LogP contribution in [0.2, 0.25) is 0 Å². The highest BCUT2D eigenvalue weighted by Crippen LogP contribution is 2.39. The standard InChI is InChI=1S/C14H12N4O2S2/c19-18(20)13-12(16-14-17(13)6-8-22-14)15-10-5-7-21-11-4-2-1-3-9(10)11/h1-4,6,8,10,15H,5,7H2. The summed E-state index contributed by atoms with van der Waals surface area (Å²) in [5.74, 6) is 1.35. The summed E-state index contributed by atoms with van der Waals surface area (Å²) in [5.41, 5.74) is 1.18. The fraction of sp³-hybridized carbons (Fsp3) is 0.214. The molecule has 3 aromatic rings. The van der Waals surface area contributed by atoms with Gasteiger partial charge >= 0.3 is 5.82 Å². The summed E-state index contributed by atoms with van der Waals surface area (Å²) in [4.78, 5) is 17.3. The molecule has 1 aromatic carbocycles. The van der Waals surface area contributed by atoms with Crippen molar-refractivity contribution in [2.75, 3.05) is 11.1 Å². The van der Waals surface area contributed by atoms with Crippen LogP contribution in [0.15, 0.2) is 40.7 Å². The second kappa shape index (κ2) is 5.29. The van der Waals surface area contributed by atoms with Crippen LogP contribution in [0, 0.1) is 10.1 Å². The van der Waals surface area contributed by atoms with Gasteiger partial charge in [-0.2, -0.15) is 9.38 Å². The van der Waals surface area contributed by atoms with Gasteiger partial charge < -0.3 is 15.4 Å². The SMILES string of the molecule is O=[N+]([O-])c1c(NC2CCSc3ccccc32)nc2sccn12. The third-order valence-electron chi connectivity index (χ3n) is 3.68. The second-order valence-electron chi connectivity index (χ2n) is 4.97. The van der Waals surface area contributed by atoms with Crippen LogP contribution in [0.25, 0.3) is 4.96 Å². The molecule has 4 rings (SSSR count). The third kappa shape index (κ3) is 2.15. The van der Waals surface area contributed by atoms with Gasteiger partial charge in [-0.15, -0.1) is 11.8 Å². The van der Waals surface area contributed by atoms with Crippen molar-refractivity contribution < 1.29 is 4.92 Å². The number of benzene rings is 1. The topological polar surface area (TPSA) is 72.5 Å². The summed E-state index contributed by atoms with van der Waals surface area (Å²) in [6.45, 7) is 0. The number of fused-ring (bicyclic) bond motifs is 2. The molecule has 1 aliphatic rings. The van der Waals surface area contributed by atoms with Crippen molar-refractivity contribution in [2.24, 2.45) is 0 Å². The summed E-state index contributed by atoms with van der Waals surface area (Å²) in [6, 6.07) is 8.24. The Morgan fingerprint density at radius 1 is 1.41 bits per heavy atom. The normalized spacial score (nSPS) is 17.4. The number of nitro groups is 1. The number of nitrogens with zero attached hydrogens (tertiary/aromatic N) is 3. The van der Waals surface area contributed by atoms with Crippen LogP contribution in [0.3, 0.4) is 0 Å². The Labute approximate surface area is 134 Å². The number of rotatable bonds is 3. The van der Waals surface area contributed by atoms with E-state index in [-0.39, 0.29) is 16.8 Å². The molecular formula is C14H12N4O2S2. The van der Waals surface area contributed by atoms with Crippen molar-refractivity contribution in [3.63, 3.8) is 0 Å². The van der Waals surface area contributed by atoms with Crippen LogP contribution in [0.4, 0.5) is 11.6 Å². The minimum absolute atomic E-state index is 0.00644. The molecule has 1 aliphatic heterocycles. The molecular weight excluding hydrogens is 320 g/mol. The molecule has 1 atom stereocenters. The molecule has 1 N–H and O–H groups in total. The molecule has 0 fully saturated rings. The van der Waals surface area contributed by atoms with Crippen molar-refractivity contribution >= 4 is 39.7 Å². The zero-order chi connectivity index (χ0) is 15.1. The summed E-state index contributed by atoms with van der Waals surface area (Å²) in [5, 5.41) is 16.5. The average molecular weight is 332 g/mol. The number of thiazole rings is 1. The van der Waals surface area contributed by atoms with Crippen LogP contribution in [-0.2, 0) is 0 Å². The summed E-state index contributed by atoms with van der Waals surface area (Å²) >= 11 is 3.21. The van der Waals surface area contributed by atoms with Gasteiger partial charge in [-0.05, 0) is 23.0 Å². The van der Waals surface area contributed by atoms with Crippen molar-refractivity contribution in [1.82, 2.24) is 9.38 Å². The van der Waals surface area contributed by atoms with Gasteiger partial charge in [0, 0.05) is 16.0 Å². The summed E-state index contributed by atoms with van der Waals surface area (Å²) < 4.78 is 1.52. The zero-order valence-electron chi connectivity index (χ0n) is 11.4. The Hall–Kier alpha value is -2.06. The highest BCUT2D eigenvalue weighted by Gasteiger charge is 2.28. The van der Waals surface area contributed by atoms with Gasteiger partial charge in [0.25, 0.3) is 4.96 Å². The monoisotopic (exact) mass is 332 g/mol. The average Bonchev–Trinajstić information content (AvgIpc) is 3.07. The number of thioether (sulfide) groups is 1. The molecule has 22 heavy (non-hydrogen) atoms. The van der Waals surface area contributed by atoms with E-state index < -0.39 is 0 Å². The molecule has 0 spiro atoms. The number of hydrogen-bond donors (Lipinski definition) is 1. The van der Waals surface area contributed by atoms with Crippen LogP contribution >= 0.6 is 23.1 Å². The molecule has 0 saturated heterocycles. The molecule has 112 valence electrons. The highest BCUT2D eigenvalue weighted by molar-refractivity contribution is 7.99. The lowest BCUT2D eigenvalue weighted by Gasteiger charge is -2.25. The van der Waals surface area contributed by atoms with E-state index in [4.69, 9.17) is 0 Å². The Balaban J connectivity index is 1.74. The van der Waals surface area contributed by atoms with Gasteiger partial charge in [0.2, 0.25) is 5.82 Å². The predicted molar refractivity (Wildman–Crippen MR) is 87.9 cm³/mol. The second-order valence-corrected chi connectivity index (χ2v) is 6.98. The molecule has 6 nitrogen and oxygen atoms in total. The van der Waals surface area contributed by atoms with Gasteiger partial charge in [-0.25, -0.2) is 0 Å². The lowest BCUT2D eigenvalue weighted by atomic mass is 10.0. The fourth-order valence-corrected chi connectivity index (χ4v) is 4.54. The van der Waals surface area contributed by atoms with Gasteiger partial charge in [-0.1, -0.05) is 29.5 Å². The predicted octanol–water partition coefficient (Wildman–Crippen LogP) is 3.95. The number of nitrogens with one attached hydrogen (secondary N) is 1.